The highest BCUT2D eigenvalue weighted by Gasteiger charge is 2.33. The van der Waals surface area contributed by atoms with Gasteiger partial charge in [0.2, 0.25) is 0 Å². The van der Waals surface area contributed by atoms with Crippen molar-refractivity contribution < 1.29 is 22.3 Å². The molecule has 160 valence electrons. The van der Waals surface area contributed by atoms with Crippen molar-refractivity contribution in [1.82, 2.24) is 14.9 Å². The third-order valence-corrected chi connectivity index (χ3v) is 6.21. The Morgan fingerprint density at radius 2 is 2.03 bits per heavy atom. The Morgan fingerprint density at radius 3 is 2.62 bits per heavy atom. The molecule has 4 N–H and O–H groups in total. The highest BCUT2D eigenvalue weighted by molar-refractivity contribution is 7.86. The lowest BCUT2D eigenvalue weighted by molar-refractivity contribution is 0.143. The largest absolute Gasteiger partial charge is 0.442 e. The number of thiocarbonyl (C=S) groups is 1. The third kappa shape index (κ3) is 5.04. The molecular formula is C16H23FN6O4S2. The summed E-state index contributed by atoms with van der Waals surface area (Å²) < 4.78 is 44.0. The Kier molecular flexibility index (Phi) is 6.41. The number of ether oxygens (including phenoxy) is 1. The van der Waals surface area contributed by atoms with Crippen LogP contribution in [0.2, 0.25) is 0 Å². The van der Waals surface area contributed by atoms with Gasteiger partial charge in [0.15, 0.2) is 5.11 Å². The SMILES string of the molecule is CNC(=S)NCC1CN(c2ccc(N3CCN(S(N)(=O)=O)CC3)c(F)c2)C(=O)O1. The molecule has 2 aliphatic rings. The number of piperazine rings is 1. The van der Waals surface area contributed by atoms with Crippen LogP contribution in [0.25, 0.3) is 0 Å². The number of hydrogen-bond acceptors (Lipinski definition) is 6. The van der Waals surface area contributed by atoms with E-state index in [0.717, 1.165) is 4.31 Å². The Bertz CT molecular complexity index is 891. The average molecular weight is 447 g/mol. The lowest BCUT2D eigenvalue weighted by Crippen LogP contribution is -2.50. The van der Waals surface area contributed by atoms with E-state index < -0.39 is 28.2 Å². The number of rotatable bonds is 5. The van der Waals surface area contributed by atoms with Crippen LogP contribution in [0.3, 0.4) is 0 Å². The summed E-state index contributed by atoms with van der Waals surface area (Å²) in [6.07, 6.45) is -0.969. The van der Waals surface area contributed by atoms with Crippen LogP contribution in [0.5, 0.6) is 0 Å². The van der Waals surface area contributed by atoms with Gasteiger partial charge in [-0.15, -0.1) is 0 Å². The molecule has 0 bridgehead atoms. The fraction of sp³-hybridized carbons (Fsp3) is 0.500. The number of halogens is 1. The number of nitrogens with one attached hydrogen (secondary N) is 2. The molecule has 13 heteroatoms. The minimum atomic E-state index is -3.75. The lowest BCUT2D eigenvalue weighted by atomic mass is 10.2. The van der Waals surface area contributed by atoms with Crippen molar-refractivity contribution in [2.24, 2.45) is 5.14 Å². The average Bonchev–Trinajstić information content (AvgIpc) is 3.06. The van der Waals surface area contributed by atoms with Crippen molar-refractivity contribution in [2.45, 2.75) is 6.10 Å². The molecule has 2 aliphatic heterocycles. The molecule has 10 nitrogen and oxygen atoms in total. The topological polar surface area (TPSA) is 120 Å². The van der Waals surface area contributed by atoms with E-state index in [1.807, 2.05) is 0 Å². The smallest absolute Gasteiger partial charge is 0.414 e. The predicted octanol–water partition coefficient (Wildman–Crippen LogP) is -0.430. The highest BCUT2D eigenvalue weighted by Crippen LogP contribution is 2.28. The van der Waals surface area contributed by atoms with Gasteiger partial charge in [-0.25, -0.2) is 14.3 Å². The van der Waals surface area contributed by atoms with Gasteiger partial charge in [-0.1, -0.05) is 0 Å². The van der Waals surface area contributed by atoms with Crippen LogP contribution in [0.15, 0.2) is 18.2 Å². The number of cyclic esters (lactones) is 1. The Morgan fingerprint density at radius 1 is 1.34 bits per heavy atom. The van der Waals surface area contributed by atoms with Crippen molar-refractivity contribution in [3.05, 3.63) is 24.0 Å². The van der Waals surface area contributed by atoms with Crippen molar-refractivity contribution >= 4 is 45.0 Å². The molecule has 1 unspecified atom stereocenters. The third-order valence-electron chi connectivity index (χ3n) is 4.77. The summed E-state index contributed by atoms with van der Waals surface area (Å²) in [5.41, 5.74) is 0.728. The lowest BCUT2D eigenvalue weighted by Gasteiger charge is -2.34. The number of anilines is 2. The van der Waals surface area contributed by atoms with E-state index in [4.69, 9.17) is 22.1 Å². The molecule has 0 aliphatic carbocycles. The number of amides is 1. The van der Waals surface area contributed by atoms with Crippen LogP contribution in [0.4, 0.5) is 20.6 Å². The first-order valence-corrected chi connectivity index (χ1v) is 10.9. The van der Waals surface area contributed by atoms with E-state index in [1.165, 1.54) is 11.0 Å². The van der Waals surface area contributed by atoms with Crippen molar-refractivity contribution in [3.63, 3.8) is 0 Å². The van der Waals surface area contributed by atoms with Gasteiger partial charge < -0.3 is 20.3 Å². The maximum atomic E-state index is 14.7. The number of nitrogens with zero attached hydrogens (tertiary/aromatic N) is 3. The number of carbonyl (C=O) groups is 1. The molecule has 1 aromatic rings. The maximum absolute atomic E-state index is 14.7. The summed E-state index contributed by atoms with van der Waals surface area (Å²) in [6.45, 7) is 1.61. The fourth-order valence-electron chi connectivity index (χ4n) is 3.24. The van der Waals surface area contributed by atoms with Gasteiger partial charge in [0, 0.05) is 33.2 Å². The van der Waals surface area contributed by atoms with E-state index in [-0.39, 0.29) is 19.6 Å². The summed E-state index contributed by atoms with van der Waals surface area (Å²) in [6, 6.07) is 4.49. The van der Waals surface area contributed by atoms with E-state index in [2.05, 4.69) is 10.6 Å². The zero-order valence-electron chi connectivity index (χ0n) is 15.8. The van der Waals surface area contributed by atoms with Gasteiger partial charge in [0.1, 0.15) is 11.9 Å². The minimum absolute atomic E-state index is 0.182. The first kappa shape index (κ1) is 21.5. The molecule has 0 saturated carbocycles. The number of carbonyl (C=O) groups excluding carboxylic acids is 1. The molecular weight excluding hydrogens is 423 g/mol. The number of benzene rings is 1. The summed E-state index contributed by atoms with van der Waals surface area (Å²) >= 11 is 4.99. The first-order chi connectivity index (χ1) is 13.7. The minimum Gasteiger partial charge on any atom is -0.442 e. The zero-order chi connectivity index (χ0) is 21.2. The van der Waals surface area contributed by atoms with Gasteiger partial charge in [0.05, 0.1) is 24.5 Å². The molecule has 29 heavy (non-hydrogen) atoms. The van der Waals surface area contributed by atoms with Crippen LogP contribution in [0.1, 0.15) is 0 Å². The first-order valence-electron chi connectivity index (χ1n) is 8.95. The zero-order valence-corrected chi connectivity index (χ0v) is 17.4. The van der Waals surface area contributed by atoms with Crippen molar-refractivity contribution in [1.29, 1.82) is 0 Å². The van der Waals surface area contributed by atoms with Gasteiger partial charge in [-0.2, -0.15) is 12.7 Å². The molecule has 2 heterocycles. The van der Waals surface area contributed by atoms with Gasteiger partial charge in [0.25, 0.3) is 10.2 Å². The van der Waals surface area contributed by atoms with E-state index in [1.54, 1.807) is 24.1 Å². The van der Waals surface area contributed by atoms with Gasteiger partial charge in [-0.05, 0) is 30.4 Å². The molecule has 0 spiro atoms. The summed E-state index contributed by atoms with van der Waals surface area (Å²) in [5, 5.41) is 11.3. The monoisotopic (exact) mass is 446 g/mol. The molecule has 2 fully saturated rings. The quantitative estimate of drug-likeness (QED) is 0.521. The van der Waals surface area contributed by atoms with Crippen LogP contribution in [-0.4, -0.2) is 76.3 Å². The second-order valence-corrected chi connectivity index (χ2v) is 8.60. The van der Waals surface area contributed by atoms with Crippen LogP contribution in [0, 0.1) is 5.82 Å². The molecule has 2 saturated heterocycles. The number of hydrogen-bond donors (Lipinski definition) is 3. The summed E-state index contributed by atoms with van der Waals surface area (Å²) in [4.78, 5) is 15.3. The molecule has 0 radical (unpaired) electrons. The Labute approximate surface area is 173 Å². The molecule has 1 amide bonds. The molecule has 3 rings (SSSR count). The van der Waals surface area contributed by atoms with Gasteiger partial charge in [-0.3, -0.25) is 4.90 Å². The van der Waals surface area contributed by atoms with Crippen LogP contribution in [-0.2, 0) is 14.9 Å². The van der Waals surface area contributed by atoms with E-state index >= 15 is 0 Å². The summed E-state index contributed by atoms with van der Waals surface area (Å²) in [7, 11) is -2.06. The van der Waals surface area contributed by atoms with Crippen molar-refractivity contribution in [3.8, 4) is 0 Å². The number of nitrogens with two attached hydrogens (primary N) is 1. The molecule has 0 aromatic heterocycles. The fourth-order valence-corrected chi connectivity index (χ4v) is 3.99. The summed E-state index contributed by atoms with van der Waals surface area (Å²) in [5.74, 6) is -0.503. The van der Waals surface area contributed by atoms with Crippen molar-refractivity contribution in [2.75, 3.05) is 56.1 Å². The normalized spacial score (nSPS) is 20.5. The van der Waals surface area contributed by atoms with Crippen LogP contribution >= 0.6 is 12.2 Å². The Balaban J connectivity index is 1.64. The standard InChI is InChI=1S/C16H23FN6O4S2/c1-19-15(28)20-9-12-10-23(16(24)27-12)11-2-3-14(13(17)8-11)21-4-6-22(7-5-21)29(18,25)26/h2-3,8,12H,4-7,9-10H2,1H3,(H2,18,25,26)(H2,19,20,28). The van der Waals surface area contributed by atoms with E-state index in [9.17, 15) is 17.6 Å². The second-order valence-electron chi connectivity index (χ2n) is 6.64. The highest BCUT2D eigenvalue weighted by atomic mass is 32.2. The predicted molar refractivity (Wildman–Crippen MR) is 111 cm³/mol. The van der Waals surface area contributed by atoms with Gasteiger partial charge >= 0.3 is 6.09 Å². The molecule has 1 aromatic carbocycles. The maximum Gasteiger partial charge on any atom is 0.414 e. The second kappa shape index (κ2) is 8.65. The van der Waals surface area contributed by atoms with Crippen LogP contribution < -0.4 is 25.6 Å². The molecule has 1 atom stereocenters. The Hall–Kier alpha value is -2.22. The van der Waals surface area contributed by atoms with E-state index in [0.29, 0.717) is 36.1 Å².